The average Bonchev–Trinajstić information content (AvgIpc) is 2.96. The summed E-state index contributed by atoms with van der Waals surface area (Å²) in [5.74, 6) is 0. The topological polar surface area (TPSA) is 66.8 Å². The van der Waals surface area contributed by atoms with Crippen molar-refractivity contribution in [1.82, 2.24) is 4.31 Å². The normalized spacial score (nSPS) is 28.2. The SMILES string of the molecule is O=S(=O)(c1cc(CO)cs1)N1CCOC2CCCCC21. The standard InChI is InChI=1S/C13H19NO4S2/c15-8-10-7-13(19-9-10)20(16,17)14-5-6-18-12-4-2-1-3-11(12)14/h7,9,11-12,15H,1-6,8H2. The third-order valence-corrected chi connectivity index (χ3v) is 7.44. The Kier molecular flexibility index (Phi) is 4.14. The minimum absolute atomic E-state index is 0.0258. The molecule has 2 aliphatic rings. The van der Waals surface area contributed by atoms with Gasteiger partial charge in [0.1, 0.15) is 4.21 Å². The van der Waals surface area contributed by atoms with Crippen molar-refractivity contribution < 1.29 is 18.3 Å². The Bertz CT molecular complexity index is 567. The van der Waals surface area contributed by atoms with Crippen LogP contribution in [0.2, 0.25) is 0 Å². The summed E-state index contributed by atoms with van der Waals surface area (Å²) in [5.41, 5.74) is 0.655. The molecule has 7 heteroatoms. The van der Waals surface area contributed by atoms with Crippen LogP contribution in [0.1, 0.15) is 31.2 Å². The number of aliphatic hydroxyl groups excluding tert-OH is 1. The number of rotatable bonds is 3. The highest BCUT2D eigenvalue weighted by Crippen LogP contribution is 2.33. The summed E-state index contributed by atoms with van der Waals surface area (Å²) in [5, 5.41) is 10.8. The Morgan fingerprint density at radius 1 is 1.40 bits per heavy atom. The molecular weight excluding hydrogens is 298 g/mol. The minimum Gasteiger partial charge on any atom is -0.392 e. The van der Waals surface area contributed by atoms with E-state index in [0.717, 1.165) is 25.7 Å². The highest BCUT2D eigenvalue weighted by Gasteiger charge is 2.41. The molecule has 0 amide bonds. The lowest BCUT2D eigenvalue weighted by Crippen LogP contribution is -2.54. The molecule has 2 fully saturated rings. The number of fused-ring (bicyclic) bond motifs is 1. The van der Waals surface area contributed by atoms with E-state index in [9.17, 15) is 8.42 Å². The van der Waals surface area contributed by atoms with Crippen LogP contribution in [0.25, 0.3) is 0 Å². The number of hydrogen-bond donors (Lipinski definition) is 1. The van der Waals surface area contributed by atoms with Gasteiger partial charge in [-0.3, -0.25) is 0 Å². The van der Waals surface area contributed by atoms with Crippen LogP contribution in [0.5, 0.6) is 0 Å². The molecule has 2 unspecified atom stereocenters. The van der Waals surface area contributed by atoms with E-state index in [4.69, 9.17) is 9.84 Å². The van der Waals surface area contributed by atoms with Crippen molar-refractivity contribution in [1.29, 1.82) is 0 Å². The van der Waals surface area contributed by atoms with Crippen LogP contribution in [-0.4, -0.2) is 43.1 Å². The van der Waals surface area contributed by atoms with Gasteiger partial charge in [-0.05, 0) is 29.9 Å². The summed E-state index contributed by atoms with van der Waals surface area (Å²) in [6, 6.07) is 1.55. The molecule has 2 atom stereocenters. The molecule has 5 nitrogen and oxygen atoms in total. The summed E-state index contributed by atoms with van der Waals surface area (Å²) in [6.07, 6.45) is 4.04. The van der Waals surface area contributed by atoms with Gasteiger partial charge in [0.15, 0.2) is 0 Å². The lowest BCUT2D eigenvalue weighted by Gasteiger charge is -2.42. The largest absolute Gasteiger partial charge is 0.392 e. The second kappa shape index (κ2) is 5.73. The number of nitrogens with zero attached hydrogens (tertiary/aromatic N) is 1. The Labute approximate surface area is 123 Å². The van der Waals surface area contributed by atoms with Gasteiger partial charge in [0.05, 0.1) is 25.4 Å². The van der Waals surface area contributed by atoms with Gasteiger partial charge in [0.25, 0.3) is 10.0 Å². The predicted octanol–water partition coefficient (Wildman–Crippen LogP) is 1.57. The zero-order valence-electron chi connectivity index (χ0n) is 11.2. The van der Waals surface area contributed by atoms with Gasteiger partial charge < -0.3 is 9.84 Å². The predicted molar refractivity (Wildman–Crippen MR) is 76.1 cm³/mol. The van der Waals surface area contributed by atoms with E-state index >= 15 is 0 Å². The Morgan fingerprint density at radius 2 is 2.20 bits per heavy atom. The lowest BCUT2D eigenvalue weighted by atomic mass is 9.91. The van der Waals surface area contributed by atoms with Gasteiger partial charge in [-0.25, -0.2) is 8.42 Å². The highest BCUT2D eigenvalue weighted by atomic mass is 32.2. The summed E-state index contributed by atoms with van der Waals surface area (Å²) in [6.45, 7) is 0.773. The molecule has 112 valence electrons. The van der Waals surface area contributed by atoms with Gasteiger partial charge in [0.2, 0.25) is 0 Å². The molecule has 20 heavy (non-hydrogen) atoms. The van der Waals surface area contributed by atoms with E-state index in [1.807, 2.05) is 0 Å². The van der Waals surface area contributed by atoms with Crippen molar-refractivity contribution in [3.8, 4) is 0 Å². The van der Waals surface area contributed by atoms with Gasteiger partial charge in [-0.1, -0.05) is 12.8 Å². The quantitative estimate of drug-likeness (QED) is 0.919. The van der Waals surface area contributed by atoms with Crippen LogP contribution >= 0.6 is 11.3 Å². The van der Waals surface area contributed by atoms with Gasteiger partial charge in [-0.2, -0.15) is 4.31 Å². The van der Waals surface area contributed by atoms with Crippen LogP contribution in [0.4, 0.5) is 0 Å². The van der Waals surface area contributed by atoms with Crippen molar-refractivity contribution in [3.63, 3.8) is 0 Å². The number of aliphatic hydroxyl groups is 1. The van der Waals surface area contributed by atoms with Crippen LogP contribution in [0.15, 0.2) is 15.7 Å². The first-order valence-electron chi connectivity index (χ1n) is 6.94. The van der Waals surface area contributed by atoms with Crippen molar-refractivity contribution in [2.24, 2.45) is 0 Å². The van der Waals surface area contributed by atoms with Crippen molar-refractivity contribution >= 4 is 21.4 Å². The highest BCUT2D eigenvalue weighted by molar-refractivity contribution is 7.91. The fraction of sp³-hybridized carbons (Fsp3) is 0.692. The van der Waals surface area contributed by atoms with Crippen LogP contribution in [0, 0.1) is 0 Å². The molecule has 1 aromatic rings. The maximum absolute atomic E-state index is 12.8. The zero-order chi connectivity index (χ0) is 14.2. The maximum Gasteiger partial charge on any atom is 0.252 e. The molecule has 2 heterocycles. The first-order chi connectivity index (χ1) is 9.63. The second-order valence-electron chi connectivity index (χ2n) is 5.31. The molecule has 1 saturated heterocycles. The molecule has 1 aliphatic heterocycles. The van der Waals surface area contributed by atoms with Crippen LogP contribution in [0.3, 0.4) is 0 Å². The Morgan fingerprint density at radius 3 is 2.95 bits per heavy atom. The van der Waals surface area contributed by atoms with E-state index in [1.165, 1.54) is 11.3 Å². The minimum atomic E-state index is -3.46. The average molecular weight is 317 g/mol. The molecule has 1 saturated carbocycles. The zero-order valence-corrected chi connectivity index (χ0v) is 12.8. The Balaban J connectivity index is 1.89. The van der Waals surface area contributed by atoms with E-state index < -0.39 is 10.0 Å². The van der Waals surface area contributed by atoms with E-state index in [1.54, 1.807) is 15.8 Å². The van der Waals surface area contributed by atoms with Crippen LogP contribution in [-0.2, 0) is 21.4 Å². The first-order valence-corrected chi connectivity index (χ1v) is 9.26. The number of sulfonamides is 1. The third-order valence-electron chi connectivity index (χ3n) is 4.06. The smallest absolute Gasteiger partial charge is 0.252 e. The van der Waals surface area contributed by atoms with E-state index in [2.05, 4.69) is 0 Å². The monoisotopic (exact) mass is 317 g/mol. The number of thiophene rings is 1. The molecule has 0 aromatic carbocycles. The van der Waals surface area contributed by atoms with Crippen LogP contribution < -0.4 is 0 Å². The Hall–Kier alpha value is -0.470. The fourth-order valence-electron chi connectivity index (χ4n) is 3.05. The maximum atomic E-state index is 12.8. The summed E-state index contributed by atoms with van der Waals surface area (Å²) in [7, 11) is -3.46. The van der Waals surface area contributed by atoms with Gasteiger partial charge in [0, 0.05) is 6.54 Å². The van der Waals surface area contributed by atoms with Crippen molar-refractivity contribution in [3.05, 3.63) is 17.0 Å². The first kappa shape index (κ1) is 14.5. The summed E-state index contributed by atoms with van der Waals surface area (Å²) < 4.78 is 33.2. The lowest BCUT2D eigenvalue weighted by molar-refractivity contribution is -0.0585. The molecule has 0 spiro atoms. The molecule has 0 radical (unpaired) electrons. The third kappa shape index (κ3) is 2.53. The molecule has 1 aromatic heterocycles. The van der Waals surface area contributed by atoms with Crippen molar-refractivity contribution in [2.45, 2.75) is 48.6 Å². The molecule has 1 aliphatic carbocycles. The van der Waals surface area contributed by atoms with Gasteiger partial charge in [-0.15, -0.1) is 11.3 Å². The molecular formula is C13H19NO4S2. The van der Waals surface area contributed by atoms with Crippen molar-refractivity contribution in [2.75, 3.05) is 13.2 Å². The summed E-state index contributed by atoms with van der Waals surface area (Å²) >= 11 is 1.18. The van der Waals surface area contributed by atoms with E-state index in [0.29, 0.717) is 22.9 Å². The molecule has 1 N–H and O–H groups in total. The second-order valence-corrected chi connectivity index (χ2v) is 8.34. The fourth-order valence-corrected chi connectivity index (χ4v) is 6.04. The van der Waals surface area contributed by atoms with Gasteiger partial charge >= 0.3 is 0 Å². The van der Waals surface area contributed by atoms with E-state index in [-0.39, 0.29) is 18.8 Å². The molecule has 3 rings (SSSR count). The number of hydrogen-bond acceptors (Lipinski definition) is 5. The number of ether oxygens (including phenoxy) is 1. The summed E-state index contributed by atoms with van der Waals surface area (Å²) in [4.78, 5) is 0. The number of morpholine rings is 1. The molecule has 0 bridgehead atoms.